The van der Waals surface area contributed by atoms with Gasteiger partial charge in [-0.25, -0.2) is 0 Å². The predicted molar refractivity (Wildman–Crippen MR) is 125 cm³/mol. The van der Waals surface area contributed by atoms with Crippen LogP contribution in [0, 0.1) is 20.8 Å². The number of benzene rings is 2. The molecule has 31 heavy (non-hydrogen) atoms. The van der Waals surface area contributed by atoms with Gasteiger partial charge in [-0.15, -0.1) is 10.2 Å². The summed E-state index contributed by atoms with van der Waals surface area (Å²) >= 11 is 1.35. The van der Waals surface area contributed by atoms with Gasteiger partial charge in [0.1, 0.15) is 0 Å². The number of pyridine rings is 1. The minimum atomic E-state index is -0.0867. The minimum Gasteiger partial charge on any atom is -0.325 e. The lowest BCUT2D eigenvalue weighted by atomic mass is 10.1. The highest BCUT2D eigenvalue weighted by Gasteiger charge is 2.17. The fraction of sp³-hybridized carbons (Fsp3) is 0.167. The monoisotopic (exact) mass is 429 g/mol. The fourth-order valence-electron chi connectivity index (χ4n) is 3.35. The lowest BCUT2D eigenvalue weighted by molar-refractivity contribution is -0.113. The zero-order valence-electron chi connectivity index (χ0n) is 17.7. The first-order valence-electron chi connectivity index (χ1n) is 9.93. The molecular formula is C24H23N5OS. The number of rotatable bonds is 6. The number of anilines is 1. The first kappa shape index (κ1) is 20.8. The zero-order chi connectivity index (χ0) is 21.8. The van der Waals surface area contributed by atoms with Crippen molar-refractivity contribution in [1.82, 2.24) is 19.7 Å². The predicted octanol–water partition coefficient (Wildman–Crippen LogP) is 4.99. The number of nitrogens with zero attached hydrogens (tertiary/aromatic N) is 4. The molecule has 0 spiro atoms. The van der Waals surface area contributed by atoms with Crippen LogP contribution in [0.1, 0.15) is 16.7 Å². The van der Waals surface area contributed by atoms with Crippen LogP contribution in [-0.4, -0.2) is 31.4 Å². The number of hydrogen-bond donors (Lipinski definition) is 1. The molecule has 7 heteroatoms. The fourth-order valence-corrected chi connectivity index (χ4v) is 4.10. The number of hydrogen-bond acceptors (Lipinski definition) is 5. The molecule has 2 heterocycles. The highest BCUT2D eigenvalue weighted by atomic mass is 32.2. The highest BCUT2D eigenvalue weighted by Crippen LogP contribution is 2.28. The van der Waals surface area contributed by atoms with Gasteiger partial charge in [0.2, 0.25) is 5.91 Å². The summed E-state index contributed by atoms with van der Waals surface area (Å²) in [6.45, 7) is 6.08. The van der Waals surface area contributed by atoms with E-state index in [1.54, 1.807) is 12.4 Å². The summed E-state index contributed by atoms with van der Waals surface area (Å²) < 4.78 is 1.96. The van der Waals surface area contributed by atoms with Crippen molar-refractivity contribution in [2.45, 2.75) is 25.9 Å². The molecule has 1 N–H and O–H groups in total. The van der Waals surface area contributed by atoms with E-state index < -0.39 is 0 Å². The molecule has 0 atom stereocenters. The molecule has 0 saturated carbocycles. The highest BCUT2D eigenvalue weighted by molar-refractivity contribution is 7.99. The lowest BCUT2D eigenvalue weighted by Crippen LogP contribution is -2.14. The second-order valence-electron chi connectivity index (χ2n) is 7.43. The molecule has 4 aromatic rings. The Bertz CT molecular complexity index is 1180. The molecule has 0 aliphatic heterocycles. The van der Waals surface area contributed by atoms with Crippen LogP contribution >= 0.6 is 11.8 Å². The smallest absolute Gasteiger partial charge is 0.234 e. The molecule has 1 amide bonds. The number of amides is 1. The minimum absolute atomic E-state index is 0.0867. The number of aromatic nitrogens is 4. The van der Waals surface area contributed by atoms with Gasteiger partial charge in [0, 0.05) is 29.3 Å². The van der Waals surface area contributed by atoms with Crippen molar-refractivity contribution in [3.63, 3.8) is 0 Å². The Labute approximate surface area is 185 Å². The molecule has 0 radical (unpaired) electrons. The van der Waals surface area contributed by atoms with E-state index in [9.17, 15) is 4.79 Å². The summed E-state index contributed by atoms with van der Waals surface area (Å²) in [7, 11) is 0. The van der Waals surface area contributed by atoms with Crippen LogP contribution in [0.25, 0.3) is 17.1 Å². The Morgan fingerprint density at radius 1 is 0.968 bits per heavy atom. The molecule has 6 nitrogen and oxygen atoms in total. The van der Waals surface area contributed by atoms with Gasteiger partial charge in [-0.1, -0.05) is 35.5 Å². The zero-order valence-corrected chi connectivity index (χ0v) is 18.5. The lowest BCUT2D eigenvalue weighted by Gasteiger charge is -2.11. The number of thioether (sulfide) groups is 1. The SMILES string of the molecule is Cc1ccc(-n2c(SCC(=O)Nc3cc(C)cc(C)c3)nnc2-c2cccnc2)cc1. The number of nitrogens with one attached hydrogen (secondary N) is 1. The third-order valence-corrected chi connectivity index (χ3v) is 5.61. The van der Waals surface area contributed by atoms with Crippen molar-refractivity contribution in [1.29, 1.82) is 0 Å². The molecule has 2 aromatic carbocycles. The average Bonchev–Trinajstić information content (AvgIpc) is 3.17. The van der Waals surface area contributed by atoms with Crippen LogP contribution < -0.4 is 5.32 Å². The third-order valence-electron chi connectivity index (χ3n) is 4.68. The van der Waals surface area contributed by atoms with E-state index >= 15 is 0 Å². The standard InChI is InChI=1S/C24H23N5OS/c1-16-6-8-21(9-7-16)29-23(19-5-4-10-25-14-19)27-28-24(29)31-15-22(30)26-20-12-17(2)11-18(3)13-20/h4-14H,15H2,1-3H3,(H,26,30). The van der Waals surface area contributed by atoms with E-state index in [4.69, 9.17) is 0 Å². The summed E-state index contributed by atoms with van der Waals surface area (Å²) in [6, 6.07) is 18.0. The average molecular weight is 430 g/mol. The second-order valence-corrected chi connectivity index (χ2v) is 8.37. The Balaban J connectivity index is 1.58. The van der Waals surface area contributed by atoms with Crippen molar-refractivity contribution in [2.24, 2.45) is 0 Å². The maximum Gasteiger partial charge on any atom is 0.234 e. The van der Waals surface area contributed by atoms with Gasteiger partial charge in [0.15, 0.2) is 11.0 Å². The Morgan fingerprint density at radius 2 is 1.71 bits per heavy atom. The Kier molecular flexibility index (Phi) is 6.13. The van der Waals surface area contributed by atoms with E-state index in [1.807, 2.05) is 73.9 Å². The molecule has 156 valence electrons. The van der Waals surface area contributed by atoms with Crippen LogP contribution in [0.2, 0.25) is 0 Å². The van der Waals surface area contributed by atoms with E-state index in [0.29, 0.717) is 11.0 Å². The summed E-state index contributed by atoms with van der Waals surface area (Å²) in [5.74, 6) is 0.829. The molecule has 0 bridgehead atoms. The molecule has 2 aromatic heterocycles. The summed E-state index contributed by atoms with van der Waals surface area (Å²) in [5, 5.41) is 12.4. The molecule has 0 aliphatic rings. The number of aryl methyl sites for hydroxylation is 3. The largest absolute Gasteiger partial charge is 0.325 e. The van der Waals surface area contributed by atoms with E-state index in [2.05, 4.69) is 26.6 Å². The maximum atomic E-state index is 12.6. The number of carbonyl (C=O) groups is 1. The van der Waals surface area contributed by atoms with Gasteiger partial charge in [-0.2, -0.15) is 0 Å². The van der Waals surface area contributed by atoms with Gasteiger partial charge in [0.25, 0.3) is 0 Å². The summed E-state index contributed by atoms with van der Waals surface area (Å²) in [4.78, 5) is 16.8. The molecule has 0 aliphatic carbocycles. The molecule has 0 unspecified atom stereocenters. The second kappa shape index (κ2) is 9.14. The van der Waals surface area contributed by atoms with Gasteiger partial charge >= 0.3 is 0 Å². The van der Waals surface area contributed by atoms with Crippen molar-refractivity contribution < 1.29 is 4.79 Å². The third kappa shape index (κ3) is 5.00. The van der Waals surface area contributed by atoms with Crippen LogP contribution in [0.15, 0.2) is 72.1 Å². The summed E-state index contributed by atoms with van der Waals surface area (Å²) in [6.07, 6.45) is 3.49. The van der Waals surface area contributed by atoms with Crippen LogP contribution in [-0.2, 0) is 4.79 Å². The van der Waals surface area contributed by atoms with Gasteiger partial charge in [0.05, 0.1) is 5.75 Å². The van der Waals surface area contributed by atoms with Gasteiger partial charge in [-0.3, -0.25) is 14.3 Å². The first-order valence-corrected chi connectivity index (χ1v) is 10.9. The quantitative estimate of drug-likeness (QED) is 0.437. The van der Waals surface area contributed by atoms with E-state index in [1.165, 1.54) is 17.3 Å². The number of carbonyl (C=O) groups excluding carboxylic acids is 1. The van der Waals surface area contributed by atoms with Crippen LogP contribution in [0.4, 0.5) is 5.69 Å². The normalized spacial score (nSPS) is 10.8. The Morgan fingerprint density at radius 3 is 2.39 bits per heavy atom. The van der Waals surface area contributed by atoms with E-state index in [-0.39, 0.29) is 11.7 Å². The molecule has 0 fully saturated rings. The van der Waals surface area contributed by atoms with Crippen molar-refractivity contribution in [3.8, 4) is 17.1 Å². The van der Waals surface area contributed by atoms with Crippen molar-refractivity contribution >= 4 is 23.4 Å². The van der Waals surface area contributed by atoms with Gasteiger partial charge in [-0.05, 0) is 68.3 Å². The molecule has 0 saturated heterocycles. The van der Waals surface area contributed by atoms with Crippen molar-refractivity contribution in [3.05, 3.63) is 83.7 Å². The maximum absolute atomic E-state index is 12.6. The first-order chi connectivity index (χ1) is 15.0. The van der Waals surface area contributed by atoms with Crippen LogP contribution in [0.5, 0.6) is 0 Å². The Hall–Kier alpha value is -3.45. The molecule has 4 rings (SSSR count). The van der Waals surface area contributed by atoms with E-state index in [0.717, 1.165) is 28.1 Å². The van der Waals surface area contributed by atoms with Gasteiger partial charge < -0.3 is 5.32 Å². The topological polar surface area (TPSA) is 72.7 Å². The van der Waals surface area contributed by atoms with Crippen LogP contribution in [0.3, 0.4) is 0 Å². The summed E-state index contributed by atoms with van der Waals surface area (Å²) in [5.41, 5.74) is 6.00. The molecular weight excluding hydrogens is 406 g/mol. The van der Waals surface area contributed by atoms with Crippen molar-refractivity contribution in [2.75, 3.05) is 11.1 Å².